The minimum atomic E-state index is 0.374. The summed E-state index contributed by atoms with van der Waals surface area (Å²) in [4.78, 5) is 24.1. The molecule has 0 amide bonds. The summed E-state index contributed by atoms with van der Waals surface area (Å²) >= 11 is 0. The number of ether oxygens (including phenoxy) is 1. The Morgan fingerprint density at radius 2 is 2.04 bits per heavy atom. The van der Waals surface area contributed by atoms with Crippen molar-refractivity contribution in [3.05, 3.63) is 54.8 Å². The Hall–Kier alpha value is -2.87. The van der Waals surface area contributed by atoms with Crippen molar-refractivity contribution >= 4 is 0 Å². The van der Waals surface area contributed by atoms with Crippen LogP contribution in [0.2, 0.25) is 0 Å². The molecule has 0 aromatic carbocycles. The van der Waals surface area contributed by atoms with Gasteiger partial charge in [-0.05, 0) is 19.4 Å². The van der Waals surface area contributed by atoms with Crippen molar-refractivity contribution in [3.63, 3.8) is 0 Å². The number of nitrogens with zero attached hydrogens (tertiary/aromatic N) is 7. The Kier molecular flexibility index (Phi) is 4.83. The van der Waals surface area contributed by atoms with Crippen LogP contribution >= 0.6 is 0 Å². The molecule has 0 spiro atoms. The van der Waals surface area contributed by atoms with Crippen LogP contribution in [0.3, 0.4) is 0 Å². The lowest BCUT2D eigenvalue weighted by atomic mass is 9.95. The molecule has 8 heteroatoms. The summed E-state index contributed by atoms with van der Waals surface area (Å²) < 4.78 is 6.90. The van der Waals surface area contributed by atoms with E-state index >= 15 is 0 Å². The summed E-state index contributed by atoms with van der Waals surface area (Å²) in [5, 5.41) is 0. The van der Waals surface area contributed by atoms with Gasteiger partial charge in [0.25, 0.3) is 0 Å². The lowest BCUT2D eigenvalue weighted by Crippen LogP contribution is -2.34. The van der Waals surface area contributed by atoms with Crippen molar-refractivity contribution < 1.29 is 4.74 Å². The molecule has 1 unspecified atom stereocenters. The molecule has 0 aliphatic carbocycles. The Labute approximate surface area is 151 Å². The van der Waals surface area contributed by atoms with E-state index in [4.69, 9.17) is 9.72 Å². The van der Waals surface area contributed by atoms with E-state index in [2.05, 4.69) is 24.8 Å². The van der Waals surface area contributed by atoms with Crippen LogP contribution in [0.1, 0.15) is 30.0 Å². The van der Waals surface area contributed by atoms with Crippen LogP contribution in [0.5, 0.6) is 6.01 Å². The molecule has 4 rings (SSSR count). The number of piperidine rings is 1. The van der Waals surface area contributed by atoms with Gasteiger partial charge in [0, 0.05) is 55.6 Å². The second-order valence-electron chi connectivity index (χ2n) is 6.42. The van der Waals surface area contributed by atoms with Crippen LogP contribution in [0.15, 0.2) is 43.5 Å². The number of rotatable bonds is 5. The first-order chi connectivity index (χ1) is 12.8. The lowest BCUT2D eigenvalue weighted by molar-refractivity contribution is 0.197. The molecule has 0 radical (unpaired) electrons. The zero-order chi connectivity index (χ0) is 17.8. The molecule has 1 atom stereocenters. The SMILES string of the molecule is COc1ncc(CN2CCCC(c3cncc(-n4ccnc4)n3)C2)cn1. The van der Waals surface area contributed by atoms with Gasteiger partial charge in [0.15, 0.2) is 5.82 Å². The Morgan fingerprint density at radius 1 is 1.15 bits per heavy atom. The van der Waals surface area contributed by atoms with E-state index in [1.807, 2.05) is 29.4 Å². The molecule has 0 N–H and O–H groups in total. The minimum Gasteiger partial charge on any atom is -0.467 e. The predicted molar refractivity (Wildman–Crippen MR) is 95.0 cm³/mol. The first kappa shape index (κ1) is 16.6. The fraction of sp³-hybridized carbons (Fsp3) is 0.389. The minimum absolute atomic E-state index is 0.374. The van der Waals surface area contributed by atoms with Gasteiger partial charge in [-0.15, -0.1) is 0 Å². The third-order valence-electron chi connectivity index (χ3n) is 4.60. The topological polar surface area (TPSA) is 81.9 Å². The molecule has 3 aromatic heterocycles. The first-order valence-electron chi connectivity index (χ1n) is 8.69. The third-order valence-corrected chi connectivity index (χ3v) is 4.60. The van der Waals surface area contributed by atoms with Gasteiger partial charge in [0.05, 0.1) is 19.0 Å². The number of hydrogen-bond acceptors (Lipinski definition) is 7. The molecule has 0 bridgehead atoms. The van der Waals surface area contributed by atoms with Crippen LogP contribution < -0.4 is 4.74 Å². The third kappa shape index (κ3) is 3.70. The van der Waals surface area contributed by atoms with E-state index < -0.39 is 0 Å². The number of imidazole rings is 1. The molecule has 1 saturated heterocycles. The van der Waals surface area contributed by atoms with Crippen molar-refractivity contribution in [3.8, 4) is 11.8 Å². The first-order valence-corrected chi connectivity index (χ1v) is 8.69. The molecule has 8 nitrogen and oxygen atoms in total. The van der Waals surface area contributed by atoms with Gasteiger partial charge in [0.1, 0.15) is 6.33 Å². The maximum atomic E-state index is 5.02. The van der Waals surface area contributed by atoms with Crippen molar-refractivity contribution in [1.82, 2.24) is 34.4 Å². The monoisotopic (exact) mass is 351 g/mol. The van der Waals surface area contributed by atoms with E-state index in [9.17, 15) is 0 Å². The maximum Gasteiger partial charge on any atom is 0.316 e. The molecular weight excluding hydrogens is 330 g/mol. The summed E-state index contributed by atoms with van der Waals surface area (Å²) in [6.07, 6.45) is 14.9. The second-order valence-corrected chi connectivity index (χ2v) is 6.42. The van der Waals surface area contributed by atoms with Gasteiger partial charge in [-0.1, -0.05) is 0 Å². The van der Waals surface area contributed by atoms with E-state index in [0.717, 1.165) is 49.6 Å². The zero-order valence-corrected chi connectivity index (χ0v) is 14.7. The molecule has 1 fully saturated rings. The van der Waals surface area contributed by atoms with Gasteiger partial charge >= 0.3 is 6.01 Å². The summed E-state index contributed by atoms with van der Waals surface area (Å²) in [5.74, 6) is 1.18. The molecule has 1 aliphatic heterocycles. The highest BCUT2D eigenvalue weighted by Gasteiger charge is 2.23. The predicted octanol–water partition coefficient (Wildman–Crippen LogP) is 1.84. The second kappa shape index (κ2) is 7.57. The van der Waals surface area contributed by atoms with Gasteiger partial charge in [-0.25, -0.2) is 19.9 Å². The van der Waals surface area contributed by atoms with Crippen molar-refractivity contribution in [2.45, 2.75) is 25.3 Å². The van der Waals surface area contributed by atoms with E-state index in [1.165, 1.54) is 0 Å². The molecule has 0 saturated carbocycles. The van der Waals surface area contributed by atoms with E-state index in [0.29, 0.717) is 11.9 Å². The van der Waals surface area contributed by atoms with Gasteiger partial charge < -0.3 is 4.74 Å². The fourth-order valence-electron chi connectivity index (χ4n) is 3.31. The van der Waals surface area contributed by atoms with Gasteiger partial charge in [-0.2, -0.15) is 0 Å². The molecule has 134 valence electrons. The molecule has 1 aliphatic rings. The van der Waals surface area contributed by atoms with Gasteiger partial charge in [0.2, 0.25) is 0 Å². The Bertz CT molecular complexity index is 835. The Morgan fingerprint density at radius 3 is 2.81 bits per heavy atom. The van der Waals surface area contributed by atoms with Crippen LogP contribution in [0.4, 0.5) is 0 Å². The van der Waals surface area contributed by atoms with Crippen LogP contribution in [0.25, 0.3) is 5.82 Å². The van der Waals surface area contributed by atoms with E-state index in [-0.39, 0.29) is 0 Å². The molecule has 3 aromatic rings. The number of hydrogen-bond donors (Lipinski definition) is 0. The average Bonchev–Trinajstić information content (AvgIpc) is 3.24. The largest absolute Gasteiger partial charge is 0.467 e. The normalized spacial score (nSPS) is 18.0. The van der Waals surface area contributed by atoms with Crippen LogP contribution in [-0.4, -0.2) is 54.6 Å². The molecular formula is C18H21N7O. The number of likely N-dealkylation sites (tertiary alicyclic amines) is 1. The highest BCUT2D eigenvalue weighted by Crippen LogP contribution is 2.26. The highest BCUT2D eigenvalue weighted by molar-refractivity contribution is 5.21. The lowest BCUT2D eigenvalue weighted by Gasteiger charge is -2.32. The quantitative estimate of drug-likeness (QED) is 0.694. The van der Waals surface area contributed by atoms with Crippen LogP contribution in [-0.2, 0) is 6.54 Å². The molecule has 4 heterocycles. The maximum absolute atomic E-state index is 5.02. The highest BCUT2D eigenvalue weighted by atomic mass is 16.5. The zero-order valence-electron chi connectivity index (χ0n) is 14.7. The standard InChI is InChI=1S/C18H21N7O/c1-26-18-21-7-14(8-22-18)11-24-5-2-3-15(12-24)16-9-20-10-17(23-16)25-6-4-19-13-25/h4,6-10,13,15H,2-3,5,11-12H2,1H3. The summed E-state index contributed by atoms with van der Waals surface area (Å²) in [5.41, 5.74) is 2.12. The average molecular weight is 351 g/mol. The van der Waals surface area contributed by atoms with Crippen molar-refractivity contribution in [2.75, 3.05) is 20.2 Å². The summed E-state index contributed by atoms with van der Waals surface area (Å²) in [6, 6.07) is 0.400. The number of aromatic nitrogens is 6. The summed E-state index contributed by atoms with van der Waals surface area (Å²) in [6.45, 7) is 2.85. The molecule has 26 heavy (non-hydrogen) atoms. The summed E-state index contributed by atoms with van der Waals surface area (Å²) in [7, 11) is 1.57. The van der Waals surface area contributed by atoms with Crippen molar-refractivity contribution in [1.29, 1.82) is 0 Å². The smallest absolute Gasteiger partial charge is 0.316 e. The number of methoxy groups -OCH3 is 1. The fourth-order valence-corrected chi connectivity index (χ4v) is 3.31. The van der Waals surface area contributed by atoms with E-state index in [1.54, 1.807) is 25.8 Å². The van der Waals surface area contributed by atoms with Crippen molar-refractivity contribution in [2.24, 2.45) is 0 Å². The Balaban J connectivity index is 1.45. The van der Waals surface area contributed by atoms with Gasteiger partial charge in [-0.3, -0.25) is 14.5 Å². The van der Waals surface area contributed by atoms with Crippen LogP contribution in [0, 0.1) is 0 Å².